The summed E-state index contributed by atoms with van der Waals surface area (Å²) in [5.74, 6) is 0.766. The molecule has 13 heteroatoms. The summed E-state index contributed by atoms with van der Waals surface area (Å²) >= 11 is 0. The van der Waals surface area contributed by atoms with Gasteiger partial charge in [0.25, 0.3) is 15.9 Å². The van der Waals surface area contributed by atoms with Gasteiger partial charge in [0.05, 0.1) is 28.0 Å². The van der Waals surface area contributed by atoms with E-state index < -0.39 is 10.0 Å². The van der Waals surface area contributed by atoms with Crippen LogP contribution in [0, 0.1) is 5.41 Å². The molecule has 1 aliphatic rings. The predicted octanol–water partition coefficient (Wildman–Crippen LogP) is 4.41. The zero-order valence-corrected chi connectivity index (χ0v) is 27.6. The average Bonchev–Trinajstić information content (AvgIpc) is 3.07. The highest BCUT2D eigenvalue weighted by Gasteiger charge is 2.24. The van der Waals surface area contributed by atoms with Crippen LogP contribution < -0.4 is 20.3 Å². The molecule has 5 N–H and O–H groups in total. The van der Waals surface area contributed by atoms with Crippen molar-refractivity contribution in [1.29, 1.82) is 5.41 Å². The number of hydrogen-bond donors (Lipinski definition) is 5. The van der Waals surface area contributed by atoms with Gasteiger partial charge in [0.1, 0.15) is 5.82 Å². The van der Waals surface area contributed by atoms with Crippen LogP contribution in [0.5, 0.6) is 0 Å². The summed E-state index contributed by atoms with van der Waals surface area (Å²) in [6, 6.07) is 12.6. The Balaban J connectivity index is 1.48. The minimum absolute atomic E-state index is 0.0670. The maximum absolute atomic E-state index is 13.5. The van der Waals surface area contributed by atoms with Gasteiger partial charge >= 0.3 is 0 Å². The van der Waals surface area contributed by atoms with Crippen molar-refractivity contribution < 1.29 is 23.1 Å². The quantitative estimate of drug-likeness (QED) is 0.111. The zero-order valence-electron chi connectivity index (χ0n) is 26.8. The number of aliphatic hydroxyl groups excluding tert-OH is 1. The number of sulfonamides is 1. The predicted molar refractivity (Wildman–Crippen MR) is 181 cm³/mol. The molecular formula is C33H45N7O5S. The first-order chi connectivity index (χ1) is 22.1. The largest absolute Gasteiger partial charge is 0.393 e. The first-order valence-electron chi connectivity index (χ1n) is 15.7. The van der Waals surface area contributed by atoms with Gasteiger partial charge in [-0.2, -0.15) is 4.98 Å². The summed E-state index contributed by atoms with van der Waals surface area (Å²) in [5, 5.41) is 28.4. The van der Waals surface area contributed by atoms with Crippen LogP contribution in [-0.4, -0.2) is 81.1 Å². The second-order valence-electron chi connectivity index (χ2n) is 11.4. The lowest BCUT2D eigenvalue weighted by Crippen LogP contribution is -2.29. The molecule has 1 aromatic heterocycles. The number of nitrogens with one attached hydrogen (secondary N) is 4. The number of hydrogen-bond acceptors (Lipinski definition) is 10. The molecule has 2 aromatic carbocycles. The summed E-state index contributed by atoms with van der Waals surface area (Å²) in [6.45, 7) is 3.88. The number of unbranched alkanes of at least 4 members (excludes halogenated alkanes) is 1. The summed E-state index contributed by atoms with van der Waals surface area (Å²) in [5.41, 5.74) is 2.01. The lowest BCUT2D eigenvalue weighted by molar-refractivity contribution is 0.0948. The van der Waals surface area contributed by atoms with Crippen molar-refractivity contribution in [3.8, 4) is 0 Å². The molecule has 0 radical (unpaired) electrons. The minimum atomic E-state index is -3.92. The fourth-order valence-corrected chi connectivity index (χ4v) is 6.34. The molecule has 0 atom stereocenters. The molecule has 1 amide bonds. The van der Waals surface area contributed by atoms with Gasteiger partial charge in [-0.25, -0.2) is 13.4 Å². The van der Waals surface area contributed by atoms with E-state index in [-0.39, 0.29) is 28.7 Å². The molecule has 12 nitrogen and oxygen atoms in total. The molecule has 4 rings (SSSR count). The molecule has 0 spiro atoms. The van der Waals surface area contributed by atoms with Gasteiger partial charge in [-0.1, -0.05) is 25.5 Å². The Labute approximate surface area is 271 Å². The van der Waals surface area contributed by atoms with Crippen LogP contribution in [0.1, 0.15) is 73.4 Å². The number of aromatic nitrogens is 2. The van der Waals surface area contributed by atoms with E-state index in [4.69, 9.17) is 10.1 Å². The third kappa shape index (κ3) is 9.02. The van der Waals surface area contributed by atoms with E-state index in [1.807, 2.05) is 0 Å². The number of amides is 1. The van der Waals surface area contributed by atoms with Crippen LogP contribution in [0.3, 0.4) is 0 Å². The molecule has 1 saturated carbocycles. The van der Waals surface area contributed by atoms with E-state index in [1.165, 1.54) is 19.2 Å². The summed E-state index contributed by atoms with van der Waals surface area (Å²) < 4.78 is 33.1. The average molecular weight is 652 g/mol. The van der Waals surface area contributed by atoms with Gasteiger partial charge in [-0.3, -0.25) is 14.5 Å². The molecule has 0 unspecified atom stereocenters. The van der Waals surface area contributed by atoms with E-state index >= 15 is 0 Å². The van der Waals surface area contributed by atoms with Crippen molar-refractivity contribution in [2.75, 3.05) is 48.8 Å². The fraction of sp³-hybridized carbons (Fsp3) is 0.455. The Morgan fingerprint density at radius 2 is 1.70 bits per heavy atom. The van der Waals surface area contributed by atoms with Crippen molar-refractivity contribution in [2.45, 2.75) is 68.9 Å². The molecule has 1 heterocycles. The molecule has 3 aromatic rings. The number of anilines is 3. The molecule has 46 heavy (non-hydrogen) atoms. The van der Waals surface area contributed by atoms with E-state index in [9.17, 15) is 18.3 Å². The third-order valence-electron chi connectivity index (χ3n) is 8.01. The molecular weight excluding hydrogens is 606 g/mol. The van der Waals surface area contributed by atoms with Gasteiger partial charge in [0.2, 0.25) is 5.95 Å². The molecule has 1 fully saturated rings. The zero-order chi connectivity index (χ0) is 33.1. The first kappa shape index (κ1) is 34.8. The Hall–Kier alpha value is -4.07. The highest BCUT2D eigenvalue weighted by Crippen LogP contribution is 2.27. The highest BCUT2D eigenvalue weighted by atomic mass is 32.2. The van der Waals surface area contributed by atoms with E-state index in [0.717, 1.165) is 36.5 Å². The van der Waals surface area contributed by atoms with Crippen molar-refractivity contribution >= 4 is 39.1 Å². The minimum Gasteiger partial charge on any atom is -0.393 e. The second-order valence-corrected chi connectivity index (χ2v) is 13.4. The fourth-order valence-electron chi connectivity index (χ4n) is 5.14. The Bertz CT molecular complexity index is 1560. The monoisotopic (exact) mass is 651 g/mol. The topological polar surface area (TPSA) is 170 Å². The van der Waals surface area contributed by atoms with Crippen molar-refractivity contribution in [3.05, 3.63) is 71.4 Å². The maximum Gasteiger partial charge on any atom is 0.264 e. The number of rotatable bonds is 16. The van der Waals surface area contributed by atoms with Crippen molar-refractivity contribution in [2.24, 2.45) is 0 Å². The number of nitrogens with zero attached hydrogens (tertiary/aromatic N) is 3. The third-order valence-corrected chi connectivity index (χ3v) is 9.81. The van der Waals surface area contributed by atoms with Gasteiger partial charge in [0, 0.05) is 57.2 Å². The highest BCUT2D eigenvalue weighted by molar-refractivity contribution is 7.92. The summed E-state index contributed by atoms with van der Waals surface area (Å²) in [6.07, 6.45) is 7.03. The van der Waals surface area contributed by atoms with Crippen LogP contribution in [0.15, 0.2) is 59.6 Å². The van der Waals surface area contributed by atoms with Crippen molar-refractivity contribution in [1.82, 2.24) is 15.3 Å². The van der Waals surface area contributed by atoms with E-state index in [1.54, 1.807) is 49.7 Å². The molecule has 0 bridgehead atoms. The van der Waals surface area contributed by atoms with Crippen LogP contribution in [-0.2, 0) is 14.8 Å². The van der Waals surface area contributed by atoms with Gasteiger partial charge < -0.3 is 25.8 Å². The maximum atomic E-state index is 13.5. The van der Waals surface area contributed by atoms with E-state index in [0.29, 0.717) is 66.6 Å². The summed E-state index contributed by atoms with van der Waals surface area (Å²) in [4.78, 5) is 21.6. The van der Waals surface area contributed by atoms with E-state index in [2.05, 4.69) is 32.8 Å². The molecule has 1 aliphatic carbocycles. The van der Waals surface area contributed by atoms with Gasteiger partial charge in [0.15, 0.2) is 0 Å². The normalized spacial score (nSPS) is 16.4. The Morgan fingerprint density at radius 3 is 2.35 bits per heavy atom. The number of aliphatic hydroxyl groups is 1. The molecule has 248 valence electrons. The number of methoxy groups -OCH3 is 1. The number of carbonyl (C=O) groups excluding carboxylic acids is 1. The van der Waals surface area contributed by atoms with Crippen LogP contribution in [0.25, 0.3) is 0 Å². The lowest BCUT2D eigenvalue weighted by atomic mass is 9.93. The lowest BCUT2D eigenvalue weighted by Gasteiger charge is -2.27. The van der Waals surface area contributed by atoms with Crippen LogP contribution in [0.4, 0.5) is 17.5 Å². The number of benzene rings is 2. The SMILES string of the molecule is CCCCNc1ncc(C(=N)c2ccc(S(=O)(=O)N(C)c3ccc(C(=O)NCCCOC)cc3)cc2)c(NC2CCC(O)CC2)n1. The number of ether oxygens (including phenoxy) is 1. The van der Waals surface area contributed by atoms with Crippen LogP contribution in [0.2, 0.25) is 0 Å². The first-order valence-corrected chi connectivity index (χ1v) is 17.2. The smallest absolute Gasteiger partial charge is 0.264 e. The second kappa shape index (κ2) is 16.5. The molecule has 0 aliphatic heterocycles. The Morgan fingerprint density at radius 1 is 1.02 bits per heavy atom. The standard InChI is InChI=1S/C33H45N7O5S/c1-4-5-19-36-33-37-22-29(31(39-33)38-25-11-15-27(41)16-12-25)30(34)23-9-17-28(18-10-23)46(43,44)40(2)26-13-7-24(8-14-26)32(42)35-20-6-21-45-3/h7-10,13-14,17-18,22,25,27,34,41H,4-6,11-12,15-16,19-21H2,1-3H3,(H,35,42)(H2,36,37,38,39). The number of carbonyl (C=O) groups is 1. The van der Waals surface area contributed by atoms with Crippen molar-refractivity contribution in [3.63, 3.8) is 0 Å². The molecule has 0 saturated heterocycles. The Kier molecular flexibility index (Phi) is 12.5. The van der Waals surface area contributed by atoms with Crippen LogP contribution >= 0.6 is 0 Å². The summed E-state index contributed by atoms with van der Waals surface area (Å²) in [7, 11) is -0.856. The van der Waals surface area contributed by atoms with Gasteiger partial charge in [-0.05, 0) is 74.9 Å². The van der Waals surface area contributed by atoms with Gasteiger partial charge in [-0.15, -0.1) is 0 Å².